The van der Waals surface area contributed by atoms with Crippen LogP contribution >= 0.6 is 22.6 Å². The van der Waals surface area contributed by atoms with Crippen molar-refractivity contribution < 1.29 is 23.6 Å². The Morgan fingerprint density at radius 2 is 2.19 bits per heavy atom. The third kappa shape index (κ3) is 2.23. The third-order valence-electron chi connectivity index (χ3n) is 1.64. The van der Waals surface area contributed by atoms with Crippen molar-refractivity contribution in [1.82, 2.24) is 4.98 Å². The second kappa shape index (κ2) is 4.63. The van der Waals surface area contributed by atoms with Gasteiger partial charge in [0.2, 0.25) is 0 Å². The van der Waals surface area contributed by atoms with E-state index in [1.54, 1.807) is 0 Å². The maximum atomic E-state index is 12.4. The van der Waals surface area contributed by atoms with Crippen molar-refractivity contribution in [2.24, 2.45) is 0 Å². The number of nitrogens with zero attached hydrogens (tertiary/aromatic N) is 2. The Morgan fingerprint density at radius 3 is 2.56 bits per heavy atom. The highest BCUT2D eigenvalue weighted by Gasteiger charge is 2.30. The number of carboxylic acids is 1. The van der Waals surface area contributed by atoms with Crippen molar-refractivity contribution in [1.29, 1.82) is 0 Å². The number of halogens is 3. The number of hydrogen-bond donors (Lipinski definition) is 1. The van der Waals surface area contributed by atoms with Crippen molar-refractivity contribution >= 4 is 34.2 Å². The van der Waals surface area contributed by atoms with Gasteiger partial charge in [-0.3, -0.25) is 10.1 Å². The Balaban J connectivity index is 3.54. The third-order valence-corrected chi connectivity index (χ3v) is 2.73. The summed E-state index contributed by atoms with van der Waals surface area (Å²) >= 11 is 1.33. The molecule has 0 aliphatic rings. The quantitative estimate of drug-likeness (QED) is 0.516. The van der Waals surface area contributed by atoms with Crippen molar-refractivity contribution in [2.75, 3.05) is 0 Å². The van der Waals surface area contributed by atoms with Gasteiger partial charge in [-0.25, -0.2) is 18.6 Å². The van der Waals surface area contributed by atoms with E-state index in [0.29, 0.717) is 6.20 Å². The first-order valence-electron chi connectivity index (χ1n) is 3.70. The normalized spacial score (nSPS) is 10.5. The zero-order chi connectivity index (χ0) is 12.5. The topological polar surface area (TPSA) is 93.3 Å². The summed E-state index contributed by atoms with van der Waals surface area (Å²) in [6.07, 6.45) is -2.45. The van der Waals surface area contributed by atoms with Crippen LogP contribution in [0.1, 0.15) is 22.5 Å². The smallest absolute Gasteiger partial charge is 0.338 e. The van der Waals surface area contributed by atoms with Crippen LogP contribution in [0.3, 0.4) is 0 Å². The zero-order valence-corrected chi connectivity index (χ0v) is 9.51. The summed E-state index contributed by atoms with van der Waals surface area (Å²) in [5.74, 6) is -1.46. The van der Waals surface area contributed by atoms with Crippen LogP contribution < -0.4 is 0 Å². The van der Waals surface area contributed by atoms with E-state index in [0.717, 1.165) is 0 Å². The number of hydrogen-bond acceptors (Lipinski definition) is 4. The van der Waals surface area contributed by atoms with Crippen LogP contribution in [0.4, 0.5) is 14.5 Å². The predicted octanol–water partition coefficient (Wildman–Crippen LogP) is 2.23. The first-order valence-corrected chi connectivity index (χ1v) is 4.78. The summed E-state index contributed by atoms with van der Waals surface area (Å²) in [5.41, 5.74) is -2.47. The first kappa shape index (κ1) is 12.7. The Hall–Kier alpha value is -1.39. The van der Waals surface area contributed by atoms with Crippen molar-refractivity contribution in [2.45, 2.75) is 6.43 Å². The van der Waals surface area contributed by atoms with Crippen LogP contribution in [0.15, 0.2) is 6.20 Å². The van der Waals surface area contributed by atoms with E-state index in [1.165, 1.54) is 22.6 Å². The molecule has 0 unspecified atom stereocenters. The molecule has 0 aliphatic carbocycles. The first-order chi connectivity index (χ1) is 7.36. The second-order valence-corrected chi connectivity index (χ2v) is 3.66. The van der Waals surface area contributed by atoms with Crippen LogP contribution in [0.5, 0.6) is 0 Å². The number of aromatic nitrogens is 1. The fourth-order valence-corrected chi connectivity index (χ4v) is 1.82. The average Bonchev–Trinajstić information content (AvgIpc) is 2.15. The lowest BCUT2D eigenvalue weighted by molar-refractivity contribution is -0.387. The van der Waals surface area contributed by atoms with E-state index in [-0.39, 0.29) is 3.57 Å². The van der Waals surface area contributed by atoms with Crippen molar-refractivity contribution in [3.8, 4) is 0 Å². The van der Waals surface area contributed by atoms with Crippen LogP contribution in [-0.4, -0.2) is 21.0 Å². The number of pyridine rings is 1. The second-order valence-electron chi connectivity index (χ2n) is 2.58. The monoisotopic (exact) mass is 344 g/mol. The summed E-state index contributed by atoms with van der Waals surface area (Å²) in [6.45, 7) is 0. The molecule has 0 fully saturated rings. The molecule has 1 rings (SSSR count). The minimum Gasteiger partial charge on any atom is -0.478 e. The van der Waals surface area contributed by atoms with Gasteiger partial charge in [0.1, 0.15) is 3.57 Å². The molecular formula is C7H3F2IN2O4. The lowest BCUT2D eigenvalue weighted by Crippen LogP contribution is -2.08. The van der Waals surface area contributed by atoms with E-state index < -0.39 is 34.3 Å². The molecule has 0 radical (unpaired) electrons. The predicted molar refractivity (Wildman–Crippen MR) is 55.5 cm³/mol. The zero-order valence-electron chi connectivity index (χ0n) is 7.35. The molecule has 0 saturated heterocycles. The van der Waals surface area contributed by atoms with Gasteiger partial charge < -0.3 is 5.11 Å². The van der Waals surface area contributed by atoms with E-state index in [9.17, 15) is 23.7 Å². The molecule has 16 heavy (non-hydrogen) atoms. The van der Waals surface area contributed by atoms with E-state index in [1.807, 2.05) is 0 Å². The highest BCUT2D eigenvalue weighted by atomic mass is 127. The van der Waals surface area contributed by atoms with Gasteiger partial charge in [0.25, 0.3) is 6.43 Å². The van der Waals surface area contributed by atoms with Crippen LogP contribution in [-0.2, 0) is 0 Å². The lowest BCUT2D eigenvalue weighted by atomic mass is 10.2. The number of aromatic carboxylic acids is 1. The van der Waals surface area contributed by atoms with Gasteiger partial charge in [0.05, 0.1) is 10.5 Å². The van der Waals surface area contributed by atoms with Gasteiger partial charge >= 0.3 is 11.7 Å². The van der Waals surface area contributed by atoms with Gasteiger partial charge in [0.15, 0.2) is 5.69 Å². The average molecular weight is 344 g/mol. The number of alkyl halides is 2. The molecule has 1 N–H and O–H groups in total. The number of carbonyl (C=O) groups is 1. The summed E-state index contributed by atoms with van der Waals surface area (Å²) in [5, 5.41) is 19.2. The Bertz CT molecular complexity index is 466. The summed E-state index contributed by atoms with van der Waals surface area (Å²) in [7, 11) is 0. The molecule has 0 amide bonds. The molecule has 86 valence electrons. The molecular weight excluding hydrogens is 341 g/mol. The Kier molecular flexibility index (Phi) is 3.67. The van der Waals surface area contributed by atoms with Gasteiger partial charge in [-0.1, -0.05) is 0 Å². The number of rotatable bonds is 3. The Morgan fingerprint density at radius 1 is 1.62 bits per heavy atom. The number of nitro groups is 1. The molecule has 6 nitrogen and oxygen atoms in total. The van der Waals surface area contributed by atoms with Crippen LogP contribution in [0, 0.1) is 13.7 Å². The van der Waals surface area contributed by atoms with Gasteiger partial charge in [0, 0.05) is 6.20 Å². The summed E-state index contributed by atoms with van der Waals surface area (Å²) < 4.78 is 24.4. The van der Waals surface area contributed by atoms with Gasteiger partial charge in [-0.15, -0.1) is 0 Å². The standard InChI is InChI=1S/C7H3F2IN2O4/c8-6(9)4-5(12(15)16)3(10)2(1-11-4)7(13)14/h1,6H,(H,13,14). The highest BCUT2D eigenvalue weighted by molar-refractivity contribution is 14.1. The molecule has 1 heterocycles. The Labute approximate surface area is 101 Å². The van der Waals surface area contributed by atoms with Crippen molar-refractivity contribution in [3.63, 3.8) is 0 Å². The van der Waals surface area contributed by atoms with Crippen LogP contribution in [0.2, 0.25) is 0 Å². The van der Waals surface area contributed by atoms with Gasteiger partial charge in [-0.05, 0) is 22.6 Å². The SMILES string of the molecule is O=C(O)c1cnc(C(F)F)c([N+](=O)[O-])c1I. The largest absolute Gasteiger partial charge is 0.478 e. The molecule has 0 atom stereocenters. The number of carboxylic acid groups (broad SMARTS) is 1. The summed E-state index contributed by atoms with van der Waals surface area (Å²) in [6, 6.07) is 0. The van der Waals surface area contributed by atoms with E-state index in [2.05, 4.69) is 4.98 Å². The molecule has 1 aromatic rings. The maximum absolute atomic E-state index is 12.4. The fourth-order valence-electron chi connectivity index (χ4n) is 0.974. The maximum Gasteiger partial charge on any atom is 0.338 e. The summed E-state index contributed by atoms with van der Waals surface area (Å²) in [4.78, 5) is 23.2. The minimum absolute atomic E-state index is 0.361. The molecule has 0 spiro atoms. The van der Waals surface area contributed by atoms with E-state index >= 15 is 0 Å². The van der Waals surface area contributed by atoms with Gasteiger partial charge in [-0.2, -0.15) is 0 Å². The molecule has 9 heteroatoms. The fraction of sp³-hybridized carbons (Fsp3) is 0.143. The molecule has 1 aromatic heterocycles. The molecule has 0 bridgehead atoms. The van der Waals surface area contributed by atoms with Crippen LogP contribution in [0.25, 0.3) is 0 Å². The van der Waals surface area contributed by atoms with Crippen molar-refractivity contribution in [3.05, 3.63) is 31.1 Å². The van der Waals surface area contributed by atoms with E-state index in [4.69, 9.17) is 5.11 Å². The molecule has 0 aliphatic heterocycles. The molecule has 0 aromatic carbocycles. The molecule has 0 saturated carbocycles. The lowest BCUT2D eigenvalue weighted by Gasteiger charge is -2.04. The highest BCUT2D eigenvalue weighted by Crippen LogP contribution is 2.32. The minimum atomic E-state index is -3.13.